The first-order chi connectivity index (χ1) is 12.9. The standard InChI is InChI=1S/C21H32O6/c1-4-26-17(24)11-9-7-5-6-8-10-16-19(2,27-16)18-20(14-22)13-12-15(23)21(18,20)25-3/h6,8,16,18,22H,4-5,7,9-14H2,1-3H3/b8-6+/t16-,18?,19+,20-,21+/m1/s1. The van der Waals surface area contributed by atoms with Crippen molar-refractivity contribution in [2.24, 2.45) is 11.3 Å². The van der Waals surface area contributed by atoms with Crippen LogP contribution < -0.4 is 0 Å². The Bertz CT molecular complexity index is 616. The van der Waals surface area contributed by atoms with Gasteiger partial charge in [0.05, 0.1) is 24.9 Å². The van der Waals surface area contributed by atoms with Gasteiger partial charge in [0.1, 0.15) is 5.60 Å². The van der Waals surface area contributed by atoms with Gasteiger partial charge in [-0.25, -0.2) is 0 Å². The molecule has 0 bridgehead atoms. The molecule has 3 aliphatic rings. The lowest BCUT2D eigenvalue weighted by atomic mass is 9.89. The molecule has 1 unspecified atom stereocenters. The van der Waals surface area contributed by atoms with E-state index in [0.717, 1.165) is 25.7 Å². The number of esters is 1. The number of allylic oxidation sites excluding steroid dienone is 1. The molecule has 6 heteroatoms. The number of methoxy groups -OCH3 is 1. The third kappa shape index (κ3) is 3.15. The number of hydrogen-bond acceptors (Lipinski definition) is 6. The third-order valence-electron chi connectivity index (χ3n) is 6.81. The molecular weight excluding hydrogens is 348 g/mol. The monoisotopic (exact) mass is 380 g/mol. The number of fused-ring (bicyclic) bond motifs is 1. The van der Waals surface area contributed by atoms with Crippen LogP contribution in [0.15, 0.2) is 12.2 Å². The van der Waals surface area contributed by atoms with Crippen LogP contribution in [0.25, 0.3) is 0 Å². The molecule has 1 aliphatic heterocycles. The first kappa shape index (κ1) is 20.5. The van der Waals surface area contributed by atoms with E-state index < -0.39 is 16.6 Å². The van der Waals surface area contributed by atoms with E-state index in [1.165, 1.54) is 0 Å². The number of aliphatic hydroxyl groups is 1. The Morgan fingerprint density at radius 2 is 2.15 bits per heavy atom. The van der Waals surface area contributed by atoms with Crippen LogP contribution in [0.3, 0.4) is 0 Å². The minimum Gasteiger partial charge on any atom is -0.466 e. The van der Waals surface area contributed by atoms with E-state index in [2.05, 4.69) is 12.2 Å². The Kier molecular flexibility index (Phi) is 5.80. The molecule has 0 aromatic heterocycles. The Morgan fingerprint density at radius 1 is 1.37 bits per heavy atom. The van der Waals surface area contributed by atoms with Gasteiger partial charge in [-0.15, -0.1) is 0 Å². The van der Waals surface area contributed by atoms with Crippen LogP contribution >= 0.6 is 0 Å². The summed E-state index contributed by atoms with van der Waals surface area (Å²) in [6.07, 6.45) is 9.45. The van der Waals surface area contributed by atoms with Gasteiger partial charge in [0.25, 0.3) is 0 Å². The van der Waals surface area contributed by atoms with Gasteiger partial charge in [-0.3, -0.25) is 9.59 Å². The minimum absolute atomic E-state index is 0.0285. The number of epoxide rings is 1. The van der Waals surface area contributed by atoms with Crippen LogP contribution in [0.2, 0.25) is 0 Å². The molecule has 3 fully saturated rings. The SMILES string of the molecule is CCOC(=O)CCCC/C=C/C[C@H]1O[C@]1(C)C1[C@]2(CO)CCC(=O)[C@]12OC. The lowest BCUT2D eigenvalue weighted by Crippen LogP contribution is -2.31. The molecule has 2 aliphatic carbocycles. The fraction of sp³-hybridized carbons (Fsp3) is 0.810. The lowest BCUT2D eigenvalue weighted by molar-refractivity contribution is -0.143. The Balaban J connectivity index is 1.43. The van der Waals surface area contributed by atoms with E-state index >= 15 is 0 Å². The summed E-state index contributed by atoms with van der Waals surface area (Å²) in [5.74, 6) is -0.0774. The quantitative estimate of drug-likeness (QED) is 0.257. The topological polar surface area (TPSA) is 85.4 Å². The van der Waals surface area contributed by atoms with Crippen LogP contribution in [0.1, 0.15) is 58.8 Å². The van der Waals surface area contributed by atoms with Gasteiger partial charge in [0, 0.05) is 31.3 Å². The van der Waals surface area contributed by atoms with Gasteiger partial charge in [-0.2, -0.15) is 0 Å². The summed E-state index contributed by atoms with van der Waals surface area (Å²) in [6.45, 7) is 4.27. The van der Waals surface area contributed by atoms with Crippen LogP contribution in [0.5, 0.6) is 0 Å². The van der Waals surface area contributed by atoms with Crippen molar-refractivity contribution in [1.29, 1.82) is 0 Å². The maximum atomic E-state index is 12.4. The summed E-state index contributed by atoms with van der Waals surface area (Å²) in [4.78, 5) is 23.7. The Hall–Kier alpha value is -1.24. The number of carbonyl (C=O) groups excluding carboxylic acids is 2. The Morgan fingerprint density at radius 3 is 2.78 bits per heavy atom. The van der Waals surface area contributed by atoms with Gasteiger partial charge in [0.15, 0.2) is 5.78 Å². The average Bonchev–Trinajstić information content (AvgIpc) is 3.47. The van der Waals surface area contributed by atoms with Crippen molar-refractivity contribution in [3.8, 4) is 0 Å². The zero-order valence-corrected chi connectivity index (χ0v) is 16.7. The summed E-state index contributed by atoms with van der Waals surface area (Å²) in [5.41, 5.74) is -1.70. The van der Waals surface area contributed by atoms with Crippen molar-refractivity contribution in [2.45, 2.75) is 76.1 Å². The highest BCUT2D eigenvalue weighted by Crippen LogP contribution is 2.78. The molecule has 3 rings (SSSR count). The van der Waals surface area contributed by atoms with E-state index in [0.29, 0.717) is 25.9 Å². The molecule has 2 saturated carbocycles. The van der Waals surface area contributed by atoms with Crippen LogP contribution in [0.4, 0.5) is 0 Å². The van der Waals surface area contributed by atoms with Crippen molar-refractivity contribution in [3.63, 3.8) is 0 Å². The Labute approximate surface area is 161 Å². The van der Waals surface area contributed by atoms with Crippen molar-refractivity contribution in [3.05, 3.63) is 12.2 Å². The van der Waals surface area contributed by atoms with E-state index in [1.807, 2.05) is 13.8 Å². The highest BCUT2D eigenvalue weighted by atomic mass is 16.6. The third-order valence-corrected chi connectivity index (χ3v) is 6.81. The number of hydrogen-bond donors (Lipinski definition) is 1. The second kappa shape index (κ2) is 7.64. The summed E-state index contributed by atoms with van der Waals surface area (Å²) in [5, 5.41) is 9.96. The summed E-state index contributed by atoms with van der Waals surface area (Å²) in [6, 6.07) is 0. The number of rotatable bonds is 11. The molecule has 6 nitrogen and oxygen atoms in total. The molecule has 5 atom stereocenters. The second-order valence-corrected chi connectivity index (χ2v) is 8.16. The number of aliphatic hydroxyl groups excluding tert-OH is 1. The molecule has 152 valence electrons. The highest BCUT2D eigenvalue weighted by molar-refractivity contribution is 5.96. The van der Waals surface area contributed by atoms with E-state index in [1.54, 1.807) is 7.11 Å². The van der Waals surface area contributed by atoms with E-state index in [-0.39, 0.29) is 30.4 Å². The normalized spacial score (nSPS) is 39.6. The maximum Gasteiger partial charge on any atom is 0.305 e. The van der Waals surface area contributed by atoms with Gasteiger partial charge >= 0.3 is 5.97 Å². The summed E-state index contributed by atoms with van der Waals surface area (Å²) < 4.78 is 16.6. The molecule has 1 heterocycles. The van der Waals surface area contributed by atoms with Gasteiger partial charge < -0.3 is 19.3 Å². The van der Waals surface area contributed by atoms with Gasteiger partial charge in [0.2, 0.25) is 0 Å². The zero-order chi connectivity index (χ0) is 19.7. The van der Waals surface area contributed by atoms with Gasteiger partial charge in [-0.05, 0) is 46.0 Å². The molecule has 0 radical (unpaired) electrons. The molecule has 0 spiro atoms. The minimum atomic E-state index is -0.845. The first-order valence-electron chi connectivity index (χ1n) is 10.1. The maximum absolute atomic E-state index is 12.4. The predicted molar refractivity (Wildman–Crippen MR) is 99.1 cm³/mol. The number of ketones is 1. The van der Waals surface area contributed by atoms with Gasteiger partial charge in [-0.1, -0.05) is 12.2 Å². The zero-order valence-electron chi connectivity index (χ0n) is 16.7. The smallest absolute Gasteiger partial charge is 0.305 e. The van der Waals surface area contributed by atoms with Crippen molar-refractivity contribution in [2.75, 3.05) is 20.3 Å². The van der Waals surface area contributed by atoms with Crippen molar-refractivity contribution in [1.82, 2.24) is 0 Å². The number of Topliss-reactive ketones (excluding diaryl/α,β-unsaturated/α-hetero) is 1. The molecule has 0 amide bonds. The number of ether oxygens (including phenoxy) is 3. The highest BCUT2D eigenvalue weighted by Gasteiger charge is 2.90. The van der Waals surface area contributed by atoms with E-state index in [9.17, 15) is 14.7 Å². The number of unbranched alkanes of at least 4 members (excludes halogenated alkanes) is 2. The van der Waals surface area contributed by atoms with Crippen LogP contribution in [-0.4, -0.2) is 54.5 Å². The molecule has 27 heavy (non-hydrogen) atoms. The fourth-order valence-electron chi connectivity index (χ4n) is 5.44. The largest absolute Gasteiger partial charge is 0.466 e. The predicted octanol–water partition coefficient (Wildman–Crippen LogP) is 2.57. The van der Waals surface area contributed by atoms with Crippen LogP contribution in [0, 0.1) is 11.3 Å². The summed E-state index contributed by atoms with van der Waals surface area (Å²) >= 11 is 0. The molecule has 1 N–H and O–H groups in total. The molecule has 0 aromatic rings. The fourth-order valence-corrected chi connectivity index (χ4v) is 5.44. The average molecular weight is 380 g/mol. The molecule has 1 saturated heterocycles. The lowest BCUT2D eigenvalue weighted by Gasteiger charge is -2.14. The van der Waals surface area contributed by atoms with Crippen molar-refractivity contribution >= 4 is 11.8 Å². The molecular formula is C21H32O6. The van der Waals surface area contributed by atoms with Crippen molar-refractivity contribution < 1.29 is 28.9 Å². The van der Waals surface area contributed by atoms with Crippen LogP contribution in [-0.2, 0) is 23.8 Å². The summed E-state index contributed by atoms with van der Waals surface area (Å²) in [7, 11) is 1.57. The first-order valence-corrected chi connectivity index (χ1v) is 10.1. The number of carbonyl (C=O) groups is 2. The van der Waals surface area contributed by atoms with E-state index in [4.69, 9.17) is 14.2 Å². The molecule has 0 aromatic carbocycles. The second-order valence-electron chi connectivity index (χ2n) is 8.16.